The van der Waals surface area contributed by atoms with E-state index in [0.717, 1.165) is 28.2 Å². The molecule has 3 heteroatoms. The minimum atomic E-state index is 0.0595. The SMILES string of the molecule is Cc1ccc2c(c1)C(=O)c1[nH]c(C)nc1-2. The maximum atomic E-state index is 12.0. The van der Waals surface area contributed by atoms with Crippen molar-refractivity contribution in [3.05, 3.63) is 40.8 Å². The van der Waals surface area contributed by atoms with Crippen molar-refractivity contribution in [3.63, 3.8) is 0 Å². The van der Waals surface area contributed by atoms with E-state index in [0.29, 0.717) is 5.69 Å². The van der Waals surface area contributed by atoms with E-state index in [1.165, 1.54) is 0 Å². The van der Waals surface area contributed by atoms with Gasteiger partial charge in [-0.15, -0.1) is 0 Å². The summed E-state index contributed by atoms with van der Waals surface area (Å²) in [5, 5.41) is 0. The number of imidazole rings is 1. The molecule has 2 aromatic rings. The molecule has 0 fully saturated rings. The summed E-state index contributed by atoms with van der Waals surface area (Å²) >= 11 is 0. The lowest BCUT2D eigenvalue weighted by Gasteiger charge is -1.98. The molecule has 74 valence electrons. The molecule has 0 saturated heterocycles. The summed E-state index contributed by atoms with van der Waals surface area (Å²) in [7, 11) is 0. The van der Waals surface area contributed by atoms with Crippen molar-refractivity contribution in [2.45, 2.75) is 13.8 Å². The molecule has 0 bridgehead atoms. The molecule has 1 aromatic heterocycles. The first-order valence-electron chi connectivity index (χ1n) is 4.89. The van der Waals surface area contributed by atoms with Crippen molar-refractivity contribution in [2.75, 3.05) is 0 Å². The van der Waals surface area contributed by atoms with Crippen molar-refractivity contribution in [2.24, 2.45) is 0 Å². The number of hydrogen-bond acceptors (Lipinski definition) is 2. The van der Waals surface area contributed by atoms with Gasteiger partial charge in [-0.25, -0.2) is 4.98 Å². The summed E-state index contributed by atoms with van der Waals surface area (Å²) in [4.78, 5) is 19.3. The van der Waals surface area contributed by atoms with Crippen LogP contribution < -0.4 is 0 Å². The van der Waals surface area contributed by atoms with Gasteiger partial charge >= 0.3 is 0 Å². The summed E-state index contributed by atoms with van der Waals surface area (Å²) in [5.74, 6) is 0.851. The van der Waals surface area contributed by atoms with Crippen molar-refractivity contribution in [1.82, 2.24) is 9.97 Å². The Labute approximate surface area is 87.2 Å². The quantitative estimate of drug-likeness (QED) is 0.602. The van der Waals surface area contributed by atoms with Gasteiger partial charge in [-0.1, -0.05) is 17.7 Å². The minimum Gasteiger partial charge on any atom is -0.339 e. The van der Waals surface area contributed by atoms with Crippen LogP contribution in [0.25, 0.3) is 11.3 Å². The smallest absolute Gasteiger partial charge is 0.212 e. The van der Waals surface area contributed by atoms with Crippen LogP contribution in [0.2, 0.25) is 0 Å². The zero-order valence-electron chi connectivity index (χ0n) is 8.59. The number of aromatic amines is 1. The fourth-order valence-corrected chi connectivity index (χ4v) is 2.04. The molecule has 0 amide bonds. The van der Waals surface area contributed by atoms with Gasteiger partial charge in [0.15, 0.2) is 0 Å². The highest BCUT2D eigenvalue weighted by Crippen LogP contribution is 2.34. The van der Waals surface area contributed by atoms with E-state index < -0.39 is 0 Å². The van der Waals surface area contributed by atoms with Crippen molar-refractivity contribution in [1.29, 1.82) is 0 Å². The second kappa shape index (κ2) is 2.57. The lowest BCUT2D eigenvalue weighted by atomic mass is 10.1. The van der Waals surface area contributed by atoms with Crippen LogP contribution in [0.5, 0.6) is 0 Å². The average molecular weight is 198 g/mol. The summed E-state index contributed by atoms with van der Waals surface area (Å²) < 4.78 is 0. The third kappa shape index (κ3) is 1.00. The summed E-state index contributed by atoms with van der Waals surface area (Å²) in [6, 6.07) is 5.89. The number of aromatic nitrogens is 2. The molecule has 0 unspecified atom stereocenters. The van der Waals surface area contributed by atoms with Gasteiger partial charge in [-0.05, 0) is 19.9 Å². The van der Waals surface area contributed by atoms with E-state index in [1.807, 2.05) is 32.0 Å². The second-order valence-corrected chi connectivity index (χ2v) is 3.92. The van der Waals surface area contributed by atoms with Gasteiger partial charge in [-0.2, -0.15) is 0 Å². The molecule has 0 saturated carbocycles. The van der Waals surface area contributed by atoms with Crippen molar-refractivity contribution in [3.8, 4) is 11.3 Å². The highest BCUT2D eigenvalue weighted by Gasteiger charge is 2.29. The predicted octanol–water partition coefficient (Wildman–Crippen LogP) is 2.24. The molecule has 15 heavy (non-hydrogen) atoms. The number of benzene rings is 1. The zero-order chi connectivity index (χ0) is 10.6. The maximum absolute atomic E-state index is 12.0. The fraction of sp³-hybridized carbons (Fsp3) is 0.167. The molecule has 1 aromatic carbocycles. The number of rotatable bonds is 0. The van der Waals surface area contributed by atoms with Crippen LogP contribution in [0.15, 0.2) is 18.2 Å². The van der Waals surface area contributed by atoms with Gasteiger partial charge in [0, 0.05) is 11.1 Å². The Bertz CT molecular complexity index is 581. The monoisotopic (exact) mass is 198 g/mol. The number of nitrogens with one attached hydrogen (secondary N) is 1. The Morgan fingerprint density at radius 3 is 2.80 bits per heavy atom. The third-order valence-corrected chi connectivity index (χ3v) is 2.72. The maximum Gasteiger partial charge on any atom is 0.212 e. The Morgan fingerprint density at radius 1 is 1.20 bits per heavy atom. The molecule has 0 radical (unpaired) electrons. The first-order valence-corrected chi connectivity index (χ1v) is 4.89. The number of nitrogens with zero attached hydrogens (tertiary/aromatic N) is 1. The van der Waals surface area contributed by atoms with Crippen LogP contribution in [0.3, 0.4) is 0 Å². The molecule has 0 atom stereocenters. The van der Waals surface area contributed by atoms with E-state index in [-0.39, 0.29) is 5.78 Å². The molecule has 0 spiro atoms. The van der Waals surface area contributed by atoms with Crippen LogP contribution in [0, 0.1) is 13.8 Å². The van der Waals surface area contributed by atoms with Crippen LogP contribution in [0.1, 0.15) is 27.4 Å². The number of fused-ring (bicyclic) bond motifs is 3. The molecule has 3 rings (SSSR count). The van der Waals surface area contributed by atoms with Crippen molar-refractivity contribution < 1.29 is 4.79 Å². The van der Waals surface area contributed by atoms with Crippen LogP contribution >= 0.6 is 0 Å². The van der Waals surface area contributed by atoms with E-state index in [4.69, 9.17) is 0 Å². The van der Waals surface area contributed by atoms with E-state index in [9.17, 15) is 4.79 Å². The van der Waals surface area contributed by atoms with Crippen LogP contribution in [0.4, 0.5) is 0 Å². The number of carbonyl (C=O) groups is 1. The molecule has 0 aliphatic heterocycles. The Kier molecular flexibility index (Phi) is 1.44. The molecule has 3 nitrogen and oxygen atoms in total. The predicted molar refractivity (Wildman–Crippen MR) is 56.9 cm³/mol. The van der Waals surface area contributed by atoms with Gasteiger partial charge in [0.25, 0.3) is 0 Å². The van der Waals surface area contributed by atoms with Crippen LogP contribution in [-0.2, 0) is 0 Å². The van der Waals surface area contributed by atoms with Crippen molar-refractivity contribution >= 4 is 5.78 Å². The average Bonchev–Trinajstić information content (AvgIpc) is 2.67. The standard InChI is InChI=1S/C12H10N2O/c1-6-3-4-8-9(5-6)12(15)11-10(8)13-7(2)14-11/h3-5H,1-2H3,(H,13,14). The molecular formula is C12H10N2O. The van der Waals surface area contributed by atoms with Gasteiger partial charge in [0.1, 0.15) is 17.2 Å². The van der Waals surface area contributed by atoms with Crippen LogP contribution in [-0.4, -0.2) is 15.8 Å². The van der Waals surface area contributed by atoms with E-state index in [2.05, 4.69) is 9.97 Å². The first kappa shape index (κ1) is 8.41. The number of H-pyrrole nitrogens is 1. The van der Waals surface area contributed by atoms with Gasteiger partial charge in [0.2, 0.25) is 5.78 Å². The second-order valence-electron chi connectivity index (χ2n) is 3.92. The lowest BCUT2D eigenvalue weighted by Crippen LogP contribution is -1.97. The molecule has 1 heterocycles. The molecule has 1 aliphatic carbocycles. The molecular weight excluding hydrogens is 188 g/mol. The fourth-order valence-electron chi connectivity index (χ4n) is 2.04. The van der Waals surface area contributed by atoms with Gasteiger partial charge < -0.3 is 4.98 Å². The summed E-state index contributed by atoms with van der Waals surface area (Å²) in [5.41, 5.74) is 4.25. The lowest BCUT2D eigenvalue weighted by molar-refractivity contribution is 0.103. The number of ketones is 1. The third-order valence-electron chi connectivity index (χ3n) is 2.72. The number of aryl methyl sites for hydroxylation is 2. The topological polar surface area (TPSA) is 45.8 Å². The Balaban J connectivity index is 2.35. The highest BCUT2D eigenvalue weighted by molar-refractivity contribution is 6.20. The van der Waals surface area contributed by atoms with Gasteiger partial charge in [-0.3, -0.25) is 4.79 Å². The normalized spacial score (nSPS) is 12.8. The Morgan fingerprint density at radius 2 is 2.00 bits per heavy atom. The number of carbonyl (C=O) groups excluding carboxylic acids is 1. The highest BCUT2D eigenvalue weighted by atomic mass is 16.1. The summed E-state index contributed by atoms with van der Waals surface area (Å²) in [6.07, 6.45) is 0. The molecule has 1 N–H and O–H groups in total. The van der Waals surface area contributed by atoms with Gasteiger partial charge in [0.05, 0.1) is 0 Å². The van der Waals surface area contributed by atoms with E-state index in [1.54, 1.807) is 0 Å². The Hall–Kier alpha value is -1.90. The zero-order valence-corrected chi connectivity index (χ0v) is 8.59. The van der Waals surface area contributed by atoms with E-state index >= 15 is 0 Å². The number of hydrogen-bond donors (Lipinski definition) is 1. The first-order chi connectivity index (χ1) is 7.16. The molecule has 1 aliphatic rings. The summed E-state index contributed by atoms with van der Waals surface area (Å²) in [6.45, 7) is 3.85. The minimum absolute atomic E-state index is 0.0595. The largest absolute Gasteiger partial charge is 0.339 e.